The summed E-state index contributed by atoms with van der Waals surface area (Å²) in [5.41, 5.74) is 0.200. The first-order valence-electron chi connectivity index (χ1n) is 2.58. The van der Waals surface area contributed by atoms with E-state index in [1.165, 1.54) is 24.5 Å². The highest BCUT2D eigenvalue weighted by molar-refractivity contribution is 6.46. The first kappa shape index (κ1) is 7.76. The lowest BCUT2D eigenvalue weighted by atomic mass is 10.3. The van der Waals surface area contributed by atoms with Gasteiger partial charge in [0, 0.05) is 18.0 Å². The van der Waals surface area contributed by atoms with Crippen molar-refractivity contribution in [1.29, 1.82) is 0 Å². The quantitative estimate of drug-likeness (QED) is 0.605. The summed E-state index contributed by atoms with van der Waals surface area (Å²) in [5.74, 6) is 0. The van der Waals surface area contributed by atoms with Crippen LogP contribution in [-0.2, 0) is 4.59 Å². The van der Waals surface area contributed by atoms with Crippen LogP contribution in [0.25, 0.3) is 0 Å². The Hall–Kier alpha value is -0.340. The number of aromatic nitrogens is 1. The molecule has 10 heavy (non-hydrogen) atoms. The molecule has 0 spiro atoms. The molecule has 0 aliphatic heterocycles. The zero-order valence-electron chi connectivity index (χ0n) is 4.89. The van der Waals surface area contributed by atoms with Crippen LogP contribution in [0.4, 0.5) is 4.39 Å². The van der Waals surface area contributed by atoms with E-state index in [1.54, 1.807) is 0 Å². The highest BCUT2D eigenvalue weighted by Gasteiger charge is 2.24. The zero-order chi connectivity index (χ0) is 7.61. The molecule has 0 fully saturated rings. The summed E-state index contributed by atoms with van der Waals surface area (Å²) >= 11 is 10.3. The number of alkyl halides is 3. The van der Waals surface area contributed by atoms with Crippen LogP contribution in [0, 0.1) is 0 Å². The molecule has 0 N–H and O–H groups in total. The predicted molar refractivity (Wildman–Crippen MR) is 38.7 cm³/mol. The average Bonchev–Trinajstić information content (AvgIpc) is 1.88. The van der Waals surface area contributed by atoms with Gasteiger partial charge in [-0.3, -0.25) is 4.98 Å². The lowest BCUT2D eigenvalue weighted by molar-refractivity contribution is 0.405. The van der Waals surface area contributed by atoms with Gasteiger partial charge in [-0.05, 0) is 12.1 Å². The van der Waals surface area contributed by atoms with E-state index in [-0.39, 0.29) is 5.56 Å². The molecule has 0 aliphatic carbocycles. The van der Waals surface area contributed by atoms with Crippen molar-refractivity contribution in [3.05, 3.63) is 30.1 Å². The van der Waals surface area contributed by atoms with Gasteiger partial charge in [-0.2, -0.15) is 0 Å². The molecule has 0 amide bonds. The van der Waals surface area contributed by atoms with E-state index >= 15 is 0 Å². The summed E-state index contributed by atoms with van der Waals surface area (Å²) in [6, 6.07) is 2.83. The third-order valence-electron chi connectivity index (χ3n) is 1.01. The molecule has 0 bridgehead atoms. The van der Waals surface area contributed by atoms with Gasteiger partial charge in [0.25, 0.3) is 4.59 Å². The number of hydrogen-bond donors (Lipinski definition) is 0. The Labute approximate surface area is 67.8 Å². The Morgan fingerprint density at radius 1 is 1.30 bits per heavy atom. The van der Waals surface area contributed by atoms with Crippen LogP contribution < -0.4 is 0 Å². The topological polar surface area (TPSA) is 12.9 Å². The molecule has 1 aromatic heterocycles. The molecular formula is C6H4Cl2FN. The van der Waals surface area contributed by atoms with Gasteiger partial charge in [-0.1, -0.05) is 23.2 Å². The molecule has 0 saturated heterocycles. The summed E-state index contributed by atoms with van der Waals surface area (Å²) in [6.45, 7) is 0. The third-order valence-corrected chi connectivity index (χ3v) is 1.44. The number of hydrogen-bond acceptors (Lipinski definition) is 1. The molecule has 0 saturated carbocycles. The number of nitrogens with zero attached hydrogens (tertiary/aromatic N) is 1. The van der Waals surface area contributed by atoms with Crippen molar-refractivity contribution in [3.8, 4) is 0 Å². The van der Waals surface area contributed by atoms with Crippen molar-refractivity contribution in [2.45, 2.75) is 4.59 Å². The van der Waals surface area contributed by atoms with Crippen LogP contribution in [0.3, 0.4) is 0 Å². The maximum absolute atomic E-state index is 12.6. The van der Waals surface area contributed by atoms with Crippen LogP contribution in [0.1, 0.15) is 5.56 Å². The molecule has 1 nitrogen and oxygen atoms in total. The second kappa shape index (κ2) is 2.72. The van der Waals surface area contributed by atoms with Crippen LogP contribution >= 0.6 is 23.2 Å². The fraction of sp³-hybridized carbons (Fsp3) is 0.167. The minimum absolute atomic E-state index is 0.200. The highest BCUT2D eigenvalue weighted by atomic mass is 35.5. The number of halogens is 3. The largest absolute Gasteiger partial charge is 0.283 e. The molecule has 1 rings (SSSR count). The van der Waals surface area contributed by atoms with E-state index in [4.69, 9.17) is 23.2 Å². The predicted octanol–water partition coefficient (Wildman–Crippen LogP) is 2.64. The van der Waals surface area contributed by atoms with Crippen molar-refractivity contribution >= 4 is 23.2 Å². The van der Waals surface area contributed by atoms with E-state index in [2.05, 4.69) is 4.98 Å². The van der Waals surface area contributed by atoms with Crippen LogP contribution in [0.15, 0.2) is 24.5 Å². The fourth-order valence-corrected chi connectivity index (χ4v) is 0.793. The van der Waals surface area contributed by atoms with Crippen molar-refractivity contribution < 1.29 is 4.39 Å². The molecule has 0 atom stereocenters. The van der Waals surface area contributed by atoms with Gasteiger partial charge in [0.15, 0.2) is 0 Å². The molecule has 1 aromatic rings. The Kier molecular flexibility index (Phi) is 2.11. The Morgan fingerprint density at radius 3 is 2.10 bits per heavy atom. The Morgan fingerprint density at radius 2 is 1.80 bits per heavy atom. The van der Waals surface area contributed by atoms with Crippen molar-refractivity contribution in [1.82, 2.24) is 4.98 Å². The normalized spacial score (nSPS) is 11.5. The first-order valence-corrected chi connectivity index (χ1v) is 3.33. The van der Waals surface area contributed by atoms with E-state index in [0.29, 0.717) is 0 Å². The smallest absolute Gasteiger partial charge is 0.265 e. The SMILES string of the molecule is FC(Cl)(Cl)c1ccncc1. The summed E-state index contributed by atoms with van der Waals surface area (Å²) in [7, 11) is 0. The van der Waals surface area contributed by atoms with E-state index in [9.17, 15) is 4.39 Å². The van der Waals surface area contributed by atoms with Gasteiger partial charge in [-0.15, -0.1) is 0 Å². The van der Waals surface area contributed by atoms with E-state index in [0.717, 1.165) is 0 Å². The lowest BCUT2D eigenvalue weighted by Gasteiger charge is -2.07. The first-order chi connectivity index (χ1) is 4.61. The zero-order valence-corrected chi connectivity index (χ0v) is 6.40. The Bertz CT molecular complexity index is 207. The van der Waals surface area contributed by atoms with Gasteiger partial charge in [0.2, 0.25) is 0 Å². The molecule has 4 heteroatoms. The van der Waals surface area contributed by atoms with Crippen molar-refractivity contribution in [2.75, 3.05) is 0 Å². The number of rotatable bonds is 1. The van der Waals surface area contributed by atoms with Crippen molar-refractivity contribution in [3.63, 3.8) is 0 Å². The molecule has 0 unspecified atom stereocenters. The van der Waals surface area contributed by atoms with Crippen LogP contribution in [0.2, 0.25) is 0 Å². The maximum atomic E-state index is 12.6. The summed E-state index contributed by atoms with van der Waals surface area (Å²) in [5, 5.41) is 0. The van der Waals surface area contributed by atoms with Gasteiger partial charge in [0.05, 0.1) is 0 Å². The van der Waals surface area contributed by atoms with Gasteiger partial charge in [-0.25, -0.2) is 4.39 Å². The average molecular weight is 180 g/mol. The maximum Gasteiger partial charge on any atom is 0.283 e. The lowest BCUT2D eigenvalue weighted by Crippen LogP contribution is -2.00. The molecule has 1 heterocycles. The third kappa shape index (κ3) is 1.82. The van der Waals surface area contributed by atoms with Gasteiger partial charge in [0.1, 0.15) is 0 Å². The summed E-state index contributed by atoms with van der Waals surface area (Å²) in [4.78, 5) is 3.67. The van der Waals surface area contributed by atoms with Gasteiger partial charge < -0.3 is 0 Å². The van der Waals surface area contributed by atoms with E-state index in [1.807, 2.05) is 0 Å². The minimum Gasteiger partial charge on any atom is -0.265 e. The fourth-order valence-electron chi connectivity index (χ4n) is 0.541. The molecule has 0 aromatic carbocycles. The summed E-state index contributed by atoms with van der Waals surface area (Å²) < 4.78 is 10.3. The summed E-state index contributed by atoms with van der Waals surface area (Å²) in [6.07, 6.45) is 2.85. The standard InChI is InChI=1S/C6H4Cl2FN/c7-6(8,9)5-1-3-10-4-2-5/h1-4H. The van der Waals surface area contributed by atoms with Crippen molar-refractivity contribution in [2.24, 2.45) is 0 Å². The second-order valence-corrected chi connectivity index (χ2v) is 2.97. The second-order valence-electron chi connectivity index (χ2n) is 1.73. The monoisotopic (exact) mass is 179 g/mol. The van der Waals surface area contributed by atoms with E-state index < -0.39 is 4.59 Å². The number of pyridine rings is 1. The van der Waals surface area contributed by atoms with Crippen LogP contribution in [0.5, 0.6) is 0 Å². The molecular weight excluding hydrogens is 176 g/mol. The van der Waals surface area contributed by atoms with Crippen LogP contribution in [-0.4, -0.2) is 4.98 Å². The minimum atomic E-state index is -2.30. The van der Waals surface area contributed by atoms with Gasteiger partial charge >= 0.3 is 0 Å². The molecule has 54 valence electrons. The highest BCUT2D eigenvalue weighted by Crippen LogP contribution is 2.34. The molecule has 0 aliphatic rings. The molecule has 0 radical (unpaired) electrons. The Balaban J connectivity index is 2.97.